The summed E-state index contributed by atoms with van der Waals surface area (Å²) in [6.07, 6.45) is 17.5. The number of hydrogen-bond acceptors (Lipinski definition) is 11. The summed E-state index contributed by atoms with van der Waals surface area (Å²) in [5.74, 6) is 2.77. The lowest BCUT2D eigenvalue weighted by molar-refractivity contribution is -0.384. The maximum Gasteiger partial charge on any atom is 0.514 e. The van der Waals surface area contributed by atoms with Crippen molar-refractivity contribution in [2.45, 2.75) is 175 Å². The van der Waals surface area contributed by atoms with Crippen LogP contribution in [0.5, 0.6) is 5.75 Å². The van der Waals surface area contributed by atoms with E-state index in [1.54, 1.807) is 29.8 Å². The number of fused-ring (bicyclic) bond motifs is 5. The molecule has 16 nitrogen and oxygen atoms in total. The van der Waals surface area contributed by atoms with Crippen LogP contribution in [0.3, 0.4) is 0 Å². The van der Waals surface area contributed by atoms with Crippen molar-refractivity contribution in [3.05, 3.63) is 112 Å². The van der Waals surface area contributed by atoms with Gasteiger partial charge in [0.2, 0.25) is 17.7 Å². The van der Waals surface area contributed by atoms with Gasteiger partial charge < -0.3 is 36.3 Å². The minimum absolute atomic E-state index is 0.0562. The zero-order valence-corrected chi connectivity index (χ0v) is 47.5. The predicted octanol–water partition coefficient (Wildman–Crippen LogP) is 11.1. The Morgan fingerprint density at radius 2 is 1.54 bits per heavy atom. The Kier molecular flexibility index (Phi) is 21.7. The molecule has 3 saturated carbocycles. The van der Waals surface area contributed by atoms with Crippen molar-refractivity contribution in [3.8, 4) is 5.75 Å². The van der Waals surface area contributed by atoms with E-state index in [2.05, 4.69) is 51.3 Å². The van der Waals surface area contributed by atoms with Gasteiger partial charge in [-0.15, -0.1) is 0 Å². The third-order valence-electron chi connectivity index (χ3n) is 18.4. The molecule has 430 valence electrons. The normalized spacial score (nSPS) is 24.3. The van der Waals surface area contributed by atoms with Crippen LogP contribution in [0, 0.1) is 56.5 Å². The van der Waals surface area contributed by atoms with Gasteiger partial charge in [0, 0.05) is 50.2 Å². The van der Waals surface area contributed by atoms with Gasteiger partial charge >= 0.3 is 6.16 Å². The number of hydrogen-bond donors (Lipinski definition) is 4. The van der Waals surface area contributed by atoms with Gasteiger partial charge in [0.05, 0.1) is 11.0 Å². The van der Waals surface area contributed by atoms with Crippen molar-refractivity contribution in [2.24, 2.45) is 57.8 Å². The Morgan fingerprint density at radius 1 is 0.810 bits per heavy atom. The molecule has 0 bridgehead atoms. The van der Waals surface area contributed by atoms with Crippen LogP contribution in [-0.4, -0.2) is 72.6 Å². The smallest absolute Gasteiger partial charge is 0.429 e. The predicted molar refractivity (Wildman–Crippen MR) is 305 cm³/mol. The highest BCUT2D eigenvalue weighted by atomic mass is 16.7. The van der Waals surface area contributed by atoms with Crippen LogP contribution >= 0.6 is 0 Å². The molecule has 79 heavy (non-hydrogen) atoms. The average molecular weight is 1090 g/mol. The second kappa shape index (κ2) is 28.3. The third kappa shape index (κ3) is 15.8. The van der Waals surface area contributed by atoms with E-state index in [0.717, 1.165) is 53.9 Å². The summed E-state index contributed by atoms with van der Waals surface area (Å²) in [5.41, 5.74) is 15.5. The molecule has 3 aromatic rings. The molecular weight excluding hydrogens is 1000 g/mol. The Hall–Kier alpha value is -6.13. The number of amides is 4. The molecule has 0 aliphatic heterocycles. The van der Waals surface area contributed by atoms with Gasteiger partial charge in [-0.3, -0.25) is 34.2 Å². The number of non-ortho nitro benzene ring substituents is 1. The molecule has 0 heterocycles. The molecule has 3 aromatic carbocycles. The summed E-state index contributed by atoms with van der Waals surface area (Å²) < 4.78 is 16.9. The maximum atomic E-state index is 14.9. The number of nitro groups is 1. The summed E-state index contributed by atoms with van der Waals surface area (Å²) in [6.45, 7) is 13.6. The number of unbranched alkanes of at least 4 members (excludes halogenated alkanes) is 1. The Balaban J connectivity index is 0.893. The first-order chi connectivity index (χ1) is 37.9. The molecule has 4 amide bonds. The molecule has 4 aliphatic carbocycles. The summed E-state index contributed by atoms with van der Waals surface area (Å²) in [5, 5.41) is 16.8. The average Bonchev–Trinajstić information content (AvgIpc) is 4.09. The van der Waals surface area contributed by atoms with E-state index in [-0.39, 0.29) is 61.2 Å². The molecule has 6 N–H and O–H groups in total. The van der Waals surface area contributed by atoms with Crippen LogP contribution in [-0.2, 0) is 41.7 Å². The first-order valence-corrected chi connectivity index (χ1v) is 29.3. The number of nitro benzene ring substituents is 1. The number of nitrogens with one attached hydrogen (secondary N) is 2. The minimum atomic E-state index is -1.15. The standard InChI is InChI=1S/C63H88N6O10/c1-42(2)13-11-14-43(3)52-28-29-53-51-27-20-46-40-50(32-34-62(46,4)54(51)33-35-63(52,53)5)77-38-12-37-66-57(70)30-31-58(71)67-55(39-44-15-7-6-8-16-44)60(73)68(56(59(65)72)17-9-10-36-64)47-21-18-45(19-22-47)41-78-61(74)79-49-25-23-48(24-26-49)69(75)76/h6-8,15-16,18-26,42-43,50-56H,9-14,17,27-41,64H2,1-5H3,(H2,65,72)(H,66,70)(H,67,71)/t43-,50?,51+,52-,53+,54+,55+,56+,62+,63-/m1/s1. The van der Waals surface area contributed by atoms with Crippen LogP contribution in [0.4, 0.5) is 16.2 Å². The molecule has 10 atom stereocenters. The van der Waals surface area contributed by atoms with Crippen molar-refractivity contribution in [2.75, 3.05) is 24.6 Å². The molecule has 4 aliphatic rings. The van der Waals surface area contributed by atoms with Crippen molar-refractivity contribution in [1.82, 2.24) is 10.6 Å². The number of carbonyl (C=O) groups excluding carboxylic acids is 5. The molecule has 0 aromatic heterocycles. The highest BCUT2D eigenvalue weighted by molar-refractivity contribution is 6.04. The zero-order valence-electron chi connectivity index (χ0n) is 47.5. The van der Waals surface area contributed by atoms with Crippen molar-refractivity contribution < 1.29 is 43.1 Å². The van der Waals surface area contributed by atoms with Crippen LogP contribution in [0.1, 0.15) is 155 Å². The van der Waals surface area contributed by atoms with Gasteiger partial charge in [0.25, 0.3) is 11.6 Å². The largest absolute Gasteiger partial charge is 0.514 e. The minimum Gasteiger partial charge on any atom is -0.429 e. The molecule has 0 saturated heterocycles. The van der Waals surface area contributed by atoms with Gasteiger partial charge in [-0.25, -0.2) is 4.79 Å². The van der Waals surface area contributed by atoms with Crippen LogP contribution in [0.15, 0.2) is 90.5 Å². The Bertz CT molecular complexity index is 2560. The molecule has 7 rings (SSSR count). The zero-order chi connectivity index (χ0) is 56.7. The van der Waals surface area contributed by atoms with E-state index in [0.29, 0.717) is 55.6 Å². The number of benzene rings is 3. The highest BCUT2D eigenvalue weighted by Gasteiger charge is 2.59. The molecule has 1 unspecified atom stereocenters. The summed E-state index contributed by atoms with van der Waals surface area (Å²) >= 11 is 0. The first-order valence-electron chi connectivity index (χ1n) is 29.3. The van der Waals surface area contributed by atoms with Crippen molar-refractivity contribution in [1.29, 1.82) is 0 Å². The number of nitrogens with zero attached hydrogens (tertiary/aromatic N) is 2. The fourth-order valence-corrected chi connectivity index (χ4v) is 14.1. The number of rotatable bonds is 28. The van der Waals surface area contributed by atoms with Gasteiger partial charge in [0.15, 0.2) is 0 Å². The fourth-order valence-electron chi connectivity index (χ4n) is 14.1. The van der Waals surface area contributed by atoms with E-state index in [4.69, 9.17) is 25.7 Å². The van der Waals surface area contributed by atoms with Gasteiger partial charge in [-0.1, -0.05) is 108 Å². The lowest BCUT2D eigenvalue weighted by Crippen LogP contribution is -2.56. The van der Waals surface area contributed by atoms with Crippen LogP contribution < -0.4 is 31.7 Å². The maximum absolute atomic E-state index is 14.9. The van der Waals surface area contributed by atoms with Crippen molar-refractivity contribution >= 4 is 41.2 Å². The van der Waals surface area contributed by atoms with Gasteiger partial charge in [-0.2, -0.15) is 0 Å². The van der Waals surface area contributed by atoms with Crippen LogP contribution in [0.25, 0.3) is 0 Å². The van der Waals surface area contributed by atoms with Crippen molar-refractivity contribution in [3.63, 3.8) is 0 Å². The van der Waals surface area contributed by atoms with E-state index < -0.39 is 40.9 Å². The third-order valence-corrected chi connectivity index (χ3v) is 18.4. The van der Waals surface area contributed by atoms with Gasteiger partial charge in [0.1, 0.15) is 24.4 Å². The number of anilines is 1. The summed E-state index contributed by atoms with van der Waals surface area (Å²) in [7, 11) is 0. The molecular formula is C63H88N6O10. The summed E-state index contributed by atoms with van der Waals surface area (Å²) in [6, 6.07) is 18.3. The number of allylic oxidation sites excluding steroid dienone is 1. The quantitative estimate of drug-likeness (QED) is 0.0133. The highest BCUT2D eigenvalue weighted by Crippen LogP contribution is 2.67. The SMILES string of the molecule is CC(C)CCC[C@@H](C)[C@H]1CC[C@H]2[C@@H]3CC=C4CC(OCCCNC(=O)CCC(=O)N[C@@H](Cc5ccccc5)C(=O)N(c5ccc(COC(=O)Oc6ccc([N+](=O)[O-])cc6)cc5)[C@@H](CCCCN)C(N)=O)CC[C@]4(C)[C@H]3CC[C@]12C. The monoisotopic (exact) mass is 1090 g/mol. The number of carbonyl (C=O) groups is 5. The fraction of sp³-hybridized carbons (Fsp3) is 0.603. The van der Waals surface area contributed by atoms with E-state index in [9.17, 15) is 34.1 Å². The van der Waals surface area contributed by atoms with Crippen LogP contribution in [0.2, 0.25) is 0 Å². The van der Waals surface area contributed by atoms with E-state index >= 15 is 0 Å². The Labute approximate surface area is 468 Å². The second-order valence-electron chi connectivity index (χ2n) is 24.0. The lowest BCUT2D eigenvalue weighted by atomic mass is 9.47. The number of nitrogens with two attached hydrogens (primary N) is 2. The van der Waals surface area contributed by atoms with E-state index in [1.165, 1.54) is 87.0 Å². The molecule has 3 fully saturated rings. The topological polar surface area (TPSA) is 236 Å². The molecule has 0 radical (unpaired) electrons. The molecule has 0 spiro atoms. The Morgan fingerprint density at radius 3 is 2.24 bits per heavy atom. The second-order valence-corrected chi connectivity index (χ2v) is 24.0. The van der Waals surface area contributed by atoms with E-state index in [1.807, 2.05) is 30.3 Å². The number of primary amides is 1. The molecule has 16 heteroatoms. The van der Waals surface area contributed by atoms with Gasteiger partial charge in [-0.05, 0) is 165 Å². The number of ether oxygens (including phenoxy) is 3. The summed E-state index contributed by atoms with van der Waals surface area (Å²) in [4.78, 5) is 79.0. The first kappa shape index (κ1) is 60.5. The lowest BCUT2D eigenvalue weighted by Gasteiger charge is -2.58.